The van der Waals surface area contributed by atoms with E-state index < -0.39 is 0 Å². The van der Waals surface area contributed by atoms with Crippen LogP contribution in [-0.4, -0.2) is 30.4 Å². The van der Waals surface area contributed by atoms with Gasteiger partial charge in [-0.3, -0.25) is 4.79 Å². The molecule has 4 heteroatoms. The Morgan fingerprint density at radius 2 is 1.76 bits per heavy atom. The Morgan fingerprint density at radius 3 is 2.48 bits per heavy atom. The number of nitrogens with one attached hydrogen (secondary N) is 1. The Hall–Kier alpha value is -2.33. The molecule has 2 aromatic carbocycles. The first-order valence-corrected chi connectivity index (χ1v) is 9.07. The third kappa shape index (κ3) is 3.40. The van der Waals surface area contributed by atoms with Crippen molar-refractivity contribution in [2.75, 3.05) is 19.6 Å². The Morgan fingerprint density at radius 1 is 1.00 bits per heavy atom. The minimum absolute atomic E-state index is 0.144. The lowest BCUT2D eigenvalue weighted by Crippen LogP contribution is -2.45. The van der Waals surface area contributed by atoms with Gasteiger partial charge in [-0.05, 0) is 55.6 Å². The second-order valence-electron chi connectivity index (χ2n) is 7.10. The van der Waals surface area contributed by atoms with E-state index in [4.69, 9.17) is 4.74 Å². The van der Waals surface area contributed by atoms with Gasteiger partial charge in [0.05, 0.1) is 5.41 Å². The lowest BCUT2D eigenvalue weighted by atomic mass is 9.79. The molecule has 2 saturated heterocycles. The summed E-state index contributed by atoms with van der Waals surface area (Å²) in [4.78, 5) is 14.9. The zero-order valence-electron chi connectivity index (χ0n) is 14.4. The zero-order valence-corrected chi connectivity index (χ0v) is 14.4. The molecule has 0 unspecified atom stereocenters. The molecule has 0 saturated carbocycles. The number of benzene rings is 2. The van der Waals surface area contributed by atoms with Crippen LogP contribution in [0.1, 0.15) is 24.8 Å². The van der Waals surface area contributed by atoms with Crippen LogP contribution in [0.15, 0.2) is 54.6 Å². The predicted molar refractivity (Wildman–Crippen MR) is 97.5 cm³/mol. The van der Waals surface area contributed by atoms with Crippen LogP contribution in [0.5, 0.6) is 11.5 Å². The Labute approximate surface area is 148 Å². The minimum atomic E-state index is -0.144. The zero-order chi connectivity index (χ0) is 17.1. The van der Waals surface area contributed by atoms with E-state index in [0.717, 1.165) is 56.0 Å². The monoisotopic (exact) mass is 336 g/mol. The molecule has 2 aliphatic heterocycles. The predicted octanol–water partition coefficient (Wildman–Crippen LogP) is 3.58. The second kappa shape index (κ2) is 6.89. The van der Waals surface area contributed by atoms with Crippen molar-refractivity contribution in [1.82, 2.24) is 10.2 Å². The van der Waals surface area contributed by atoms with Gasteiger partial charge in [-0.1, -0.05) is 30.3 Å². The first-order valence-electron chi connectivity index (χ1n) is 9.07. The molecule has 0 radical (unpaired) electrons. The van der Waals surface area contributed by atoms with Gasteiger partial charge in [0.25, 0.3) is 0 Å². The molecule has 2 aliphatic rings. The highest BCUT2D eigenvalue weighted by Gasteiger charge is 2.46. The second-order valence-corrected chi connectivity index (χ2v) is 7.10. The van der Waals surface area contributed by atoms with E-state index in [1.54, 1.807) is 0 Å². The number of carbonyl (C=O) groups is 1. The highest BCUT2D eigenvalue weighted by Crippen LogP contribution is 2.38. The van der Waals surface area contributed by atoms with E-state index >= 15 is 0 Å². The summed E-state index contributed by atoms with van der Waals surface area (Å²) in [6.07, 6.45) is 3.11. The summed E-state index contributed by atoms with van der Waals surface area (Å²) in [5.74, 6) is 1.97. The molecule has 130 valence electrons. The lowest BCUT2D eigenvalue weighted by molar-refractivity contribution is -0.137. The van der Waals surface area contributed by atoms with Gasteiger partial charge in [0.1, 0.15) is 11.5 Å². The molecule has 4 rings (SSSR count). The van der Waals surface area contributed by atoms with Gasteiger partial charge >= 0.3 is 0 Å². The fourth-order valence-electron chi connectivity index (χ4n) is 3.92. The van der Waals surface area contributed by atoms with Crippen molar-refractivity contribution in [3.63, 3.8) is 0 Å². The average Bonchev–Trinajstić information content (AvgIpc) is 2.94. The maximum atomic E-state index is 12.9. The van der Waals surface area contributed by atoms with Crippen molar-refractivity contribution < 1.29 is 9.53 Å². The molecular formula is C21H24N2O2. The molecular weight excluding hydrogens is 312 g/mol. The number of hydrogen-bond acceptors (Lipinski definition) is 3. The van der Waals surface area contributed by atoms with Gasteiger partial charge in [0.2, 0.25) is 5.91 Å². The SMILES string of the molecule is O=C1N(Cc2ccc(Oc3ccccc3)cc2)CC[C@@]12CCCNC2. The van der Waals surface area contributed by atoms with E-state index in [9.17, 15) is 4.79 Å². The number of rotatable bonds is 4. The number of nitrogens with zero attached hydrogens (tertiary/aromatic N) is 1. The molecule has 2 heterocycles. The van der Waals surface area contributed by atoms with Gasteiger partial charge in [-0.25, -0.2) is 0 Å². The number of piperidine rings is 1. The van der Waals surface area contributed by atoms with E-state index in [0.29, 0.717) is 12.5 Å². The Kier molecular flexibility index (Phi) is 4.45. The van der Waals surface area contributed by atoms with Crippen molar-refractivity contribution in [3.05, 3.63) is 60.2 Å². The molecule has 0 aromatic heterocycles. The van der Waals surface area contributed by atoms with Crippen LogP contribution in [0.3, 0.4) is 0 Å². The van der Waals surface area contributed by atoms with Crippen LogP contribution in [-0.2, 0) is 11.3 Å². The highest BCUT2D eigenvalue weighted by molar-refractivity contribution is 5.85. The van der Waals surface area contributed by atoms with Crippen LogP contribution in [0.25, 0.3) is 0 Å². The Bertz CT molecular complexity index is 721. The third-order valence-electron chi connectivity index (χ3n) is 5.35. The molecule has 1 amide bonds. The maximum Gasteiger partial charge on any atom is 0.230 e. The molecule has 1 spiro atoms. The van der Waals surface area contributed by atoms with Crippen molar-refractivity contribution in [1.29, 1.82) is 0 Å². The first kappa shape index (κ1) is 16.2. The summed E-state index contributed by atoms with van der Waals surface area (Å²) in [5, 5.41) is 3.40. The number of likely N-dealkylation sites (tertiary alicyclic amines) is 1. The smallest absolute Gasteiger partial charge is 0.230 e. The van der Waals surface area contributed by atoms with E-state index in [1.807, 2.05) is 47.4 Å². The van der Waals surface area contributed by atoms with Crippen molar-refractivity contribution in [2.24, 2.45) is 5.41 Å². The molecule has 4 nitrogen and oxygen atoms in total. The number of ether oxygens (including phenoxy) is 1. The van der Waals surface area contributed by atoms with Crippen molar-refractivity contribution in [2.45, 2.75) is 25.8 Å². The van der Waals surface area contributed by atoms with Gasteiger partial charge in [0, 0.05) is 19.6 Å². The average molecular weight is 336 g/mol. The van der Waals surface area contributed by atoms with Crippen LogP contribution < -0.4 is 10.1 Å². The van der Waals surface area contributed by atoms with Crippen molar-refractivity contribution in [3.8, 4) is 11.5 Å². The van der Waals surface area contributed by atoms with Crippen molar-refractivity contribution >= 4 is 5.91 Å². The van der Waals surface area contributed by atoms with Gasteiger partial charge < -0.3 is 15.0 Å². The maximum absolute atomic E-state index is 12.9. The fourth-order valence-corrected chi connectivity index (χ4v) is 3.92. The molecule has 0 aliphatic carbocycles. The first-order chi connectivity index (χ1) is 12.3. The molecule has 2 fully saturated rings. The number of carbonyl (C=O) groups excluding carboxylic acids is 1. The number of hydrogen-bond donors (Lipinski definition) is 1. The largest absolute Gasteiger partial charge is 0.457 e. The van der Waals surface area contributed by atoms with Crippen LogP contribution in [0.4, 0.5) is 0 Å². The summed E-state index contributed by atoms with van der Waals surface area (Å²) < 4.78 is 5.83. The van der Waals surface area contributed by atoms with Gasteiger partial charge in [-0.15, -0.1) is 0 Å². The van der Waals surface area contributed by atoms with E-state index in [-0.39, 0.29) is 5.41 Å². The van der Waals surface area contributed by atoms with Gasteiger partial charge in [0.15, 0.2) is 0 Å². The van der Waals surface area contributed by atoms with Gasteiger partial charge in [-0.2, -0.15) is 0 Å². The van der Waals surface area contributed by atoms with Crippen LogP contribution in [0.2, 0.25) is 0 Å². The number of para-hydroxylation sites is 1. The molecule has 0 bridgehead atoms. The summed E-state index contributed by atoms with van der Waals surface area (Å²) in [7, 11) is 0. The number of amides is 1. The summed E-state index contributed by atoms with van der Waals surface area (Å²) >= 11 is 0. The van der Waals surface area contributed by atoms with E-state index in [1.165, 1.54) is 0 Å². The standard InChI is InChI=1S/C21H24N2O2/c24-20-21(11-4-13-22-16-21)12-14-23(20)15-17-7-9-19(10-8-17)25-18-5-2-1-3-6-18/h1-3,5-10,22H,4,11-16H2/t21-/m1/s1. The molecule has 1 N–H and O–H groups in total. The highest BCUT2D eigenvalue weighted by atomic mass is 16.5. The molecule has 25 heavy (non-hydrogen) atoms. The van der Waals surface area contributed by atoms with Crippen LogP contribution in [0, 0.1) is 5.41 Å². The molecule has 1 atom stereocenters. The van der Waals surface area contributed by atoms with E-state index in [2.05, 4.69) is 17.4 Å². The fraction of sp³-hybridized carbons (Fsp3) is 0.381. The van der Waals surface area contributed by atoms with Crippen LogP contribution >= 0.6 is 0 Å². The lowest BCUT2D eigenvalue weighted by Gasteiger charge is -2.32. The minimum Gasteiger partial charge on any atom is -0.457 e. The summed E-state index contributed by atoms with van der Waals surface area (Å²) in [5.41, 5.74) is 1.00. The summed E-state index contributed by atoms with van der Waals surface area (Å²) in [6.45, 7) is 3.43. The normalized spacial score (nSPS) is 23.2. The third-order valence-corrected chi connectivity index (χ3v) is 5.35. The molecule has 2 aromatic rings. The summed E-state index contributed by atoms with van der Waals surface area (Å²) in [6, 6.07) is 17.8. The Balaban J connectivity index is 1.39. The quantitative estimate of drug-likeness (QED) is 0.928. The topological polar surface area (TPSA) is 41.6 Å².